The van der Waals surface area contributed by atoms with E-state index in [0.717, 1.165) is 43.3 Å². The fraction of sp³-hybridized carbons (Fsp3) is 0.700. The normalized spacial score (nSPS) is 21.6. The van der Waals surface area contributed by atoms with Crippen LogP contribution in [0.1, 0.15) is 39.0 Å². The maximum absolute atomic E-state index is 5.71. The summed E-state index contributed by atoms with van der Waals surface area (Å²) in [6.45, 7) is 12.3. The summed E-state index contributed by atoms with van der Waals surface area (Å²) in [6.07, 6.45) is 10.2. The van der Waals surface area contributed by atoms with Crippen LogP contribution in [-0.4, -0.2) is 54.9 Å². The molecule has 3 heterocycles. The predicted octanol–water partition coefficient (Wildman–Crippen LogP) is 4.04. The van der Waals surface area contributed by atoms with Crippen molar-refractivity contribution in [2.24, 2.45) is 17.0 Å². The minimum absolute atomic E-state index is 0.358. The Kier molecular flexibility index (Phi) is 7.50. The van der Waals surface area contributed by atoms with Crippen molar-refractivity contribution in [1.82, 2.24) is 9.88 Å². The van der Waals surface area contributed by atoms with Crippen molar-refractivity contribution in [3.63, 3.8) is 0 Å². The second kappa shape index (κ2) is 10.1. The molecular formula is C20H32N4OS. The molecule has 2 aliphatic heterocycles. The lowest BCUT2D eigenvalue weighted by atomic mass is 9.93. The smallest absolute Gasteiger partial charge is 0.185 e. The molecule has 5 nitrogen and oxygen atoms in total. The number of nitrogens with zero attached hydrogens (tertiary/aromatic N) is 4. The summed E-state index contributed by atoms with van der Waals surface area (Å²) in [7, 11) is 0. The number of aromatic nitrogens is 1. The van der Waals surface area contributed by atoms with E-state index in [2.05, 4.69) is 33.4 Å². The second-order valence-electron chi connectivity index (χ2n) is 7.46. The van der Waals surface area contributed by atoms with Gasteiger partial charge in [0.05, 0.1) is 5.71 Å². The standard InChI is InChI=1S/C20H32N4OS/c1-3-18(15-23-10-5-4-6-11-23)16-25-22-17(2)19-7-12-24(13-8-19)20-21-9-14-26-20/h3,9,14,18-19H,1,4-8,10-13,15-16H2,2H3/b22-17+. The van der Waals surface area contributed by atoms with Crippen molar-refractivity contribution in [2.75, 3.05) is 44.2 Å². The fourth-order valence-corrected chi connectivity index (χ4v) is 4.54. The van der Waals surface area contributed by atoms with Gasteiger partial charge in [-0.1, -0.05) is 17.7 Å². The van der Waals surface area contributed by atoms with Crippen LogP contribution in [0.5, 0.6) is 0 Å². The van der Waals surface area contributed by atoms with Crippen LogP contribution in [0.4, 0.5) is 5.13 Å². The molecule has 0 N–H and O–H groups in total. The van der Waals surface area contributed by atoms with Gasteiger partial charge in [0.1, 0.15) is 6.61 Å². The van der Waals surface area contributed by atoms with Crippen LogP contribution in [-0.2, 0) is 4.84 Å². The van der Waals surface area contributed by atoms with Gasteiger partial charge >= 0.3 is 0 Å². The largest absolute Gasteiger partial charge is 0.395 e. The third-order valence-electron chi connectivity index (χ3n) is 5.55. The van der Waals surface area contributed by atoms with Crippen molar-refractivity contribution < 1.29 is 4.84 Å². The number of likely N-dealkylation sites (tertiary alicyclic amines) is 1. The minimum atomic E-state index is 0.358. The van der Waals surface area contributed by atoms with E-state index in [9.17, 15) is 0 Å². The van der Waals surface area contributed by atoms with E-state index in [1.165, 1.54) is 32.4 Å². The Bertz CT molecular complexity index is 560. The average Bonchev–Trinajstić information content (AvgIpc) is 3.23. The zero-order valence-corrected chi connectivity index (χ0v) is 16.8. The molecule has 2 saturated heterocycles. The van der Waals surface area contributed by atoms with Crippen LogP contribution in [0.15, 0.2) is 29.4 Å². The van der Waals surface area contributed by atoms with E-state index >= 15 is 0 Å². The van der Waals surface area contributed by atoms with Gasteiger partial charge < -0.3 is 14.6 Å². The first-order chi connectivity index (χ1) is 12.8. The lowest BCUT2D eigenvalue weighted by Crippen LogP contribution is -2.36. The number of hydrogen-bond donors (Lipinski definition) is 0. The summed E-state index contributed by atoms with van der Waals surface area (Å²) in [4.78, 5) is 15.0. The van der Waals surface area contributed by atoms with Gasteiger partial charge in [-0.3, -0.25) is 0 Å². The van der Waals surface area contributed by atoms with Gasteiger partial charge in [0.2, 0.25) is 0 Å². The molecule has 0 radical (unpaired) electrons. The number of piperidine rings is 2. The molecule has 3 rings (SSSR count). The van der Waals surface area contributed by atoms with Gasteiger partial charge in [-0.25, -0.2) is 4.98 Å². The maximum atomic E-state index is 5.71. The molecule has 0 amide bonds. The predicted molar refractivity (Wildman–Crippen MR) is 110 cm³/mol. The van der Waals surface area contributed by atoms with Crippen molar-refractivity contribution in [1.29, 1.82) is 0 Å². The third kappa shape index (κ3) is 5.55. The van der Waals surface area contributed by atoms with Gasteiger partial charge in [-0.05, 0) is 45.7 Å². The molecule has 144 valence electrons. The minimum Gasteiger partial charge on any atom is -0.395 e. The van der Waals surface area contributed by atoms with Crippen molar-refractivity contribution >= 4 is 22.2 Å². The Morgan fingerprint density at radius 2 is 2.12 bits per heavy atom. The highest BCUT2D eigenvalue weighted by molar-refractivity contribution is 7.13. The molecule has 1 aromatic heterocycles. The molecule has 1 aromatic rings. The van der Waals surface area contributed by atoms with E-state index in [1.54, 1.807) is 11.3 Å². The highest BCUT2D eigenvalue weighted by Crippen LogP contribution is 2.25. The zero-order valence-electron chi connectivity index (χ0n) is 16.0. The highest BCUT2D eigenvalue weighted by atomic mass is 32.1. The summed E-state index contributed by atoms with van der Waals surface area (Å²) in [5.41, 5.74) is 1.13. The monoisotopic (exact) mass is 376 g/mol. The lowest BCUT2D eigenvalue weighted by molar-refractivity contribution is 0.0971. The molecule has 0 aromatic carbocycles. The van der Waals surface area contributed by atoms with E-state index in [4.69, 9.17) is 4.84 Å². The maximum Gasteiger partial charge on any atom is 0.185 e. The summed E-state index contributed by atoms with van der Waals surface area (Å²) in [5, 5.41) is 7.62. The first-order valence-electron chi connectivity index (χ1n) is 9.92. The molecule has 0 spiro atoms. The molecule has 26 heavy (non-hydrogen) atoms. The Hall–Kier alpha value is -1.40. The molecular weight excluding hydrogens is 344 g/mol. The topological polar surface area (TPSA) is 41.0 Å². The molecule has 0 aliphatic carbocycles. The van der Waals surface area contributed by atoms with Crippen LogP contribution >= 0.6 is 11.3 Å². The van der Waals surface area contributed by atoms with Crippen molar-refractivity contribution in [3.8, 4) is 0 Å². The van der Waals surface area contributed by atoms with Crippen LogP contribution < -0.4 is 4.90 Å². The zero-order chi connectivity index (χ0) is 18.2. The van der Waals surface area contributed by atoms with Gasteiger partial charge in [-0.15, -0.1) is 17.9 Å². The van der Waals surface area contributed by atoms with Crippen LogP contribution in [0.3, 0.4) is 0 Å². The number of anilines is 1. The van der Waals surface area contributed by atoms with Crippen molar-refractivity contribution in [2.45, 2.75) is 39.0 Å². The lowest BCUT2D eigenvalue weighted by Gasteiger charge is -2.31. The molecule has 1 atom stereocenters. The summed E-state index contributed by atoms with van der Waals surface area (Å²) in [5.74, 6) is 0.881. The van der Waals surface area contributed by atoms with Gasteiger partial charge in [0.15, 0.2) is 5.13 Å². The van der Waals surface area contributed by atoms with E-state index in [-0.39, 0.29) is 0 Å². The molecule has 1 unspecified atom stereocenters. The summed E-state index contributed by atoms with van der Waals surface area (Å²) < 4.78 is 0. The Morgan fingerprint density at radius 1 is 1.35 bits per heavy atom. The van der Waals surface area contributed by atoms with Gasteiger partial charge in [0.25, 0.3) is 0 Å². The SMILES string of the molecule is C=CC(CO/N=C(\C)C1CCN(c2nccs2)CC1)CN1CCCCC1. The molecule has 0 saturated carbocycles. The molecule has 0 bridgehead atoms. The van der Waals surface area contributed by atoms with Crippen molar-refractivity contribution in [3.05, 3.63) is 24.2 Å². The van der Waals surface area contributed by atoms with Crippen LogP contribution in [0.25, 0.3) is 0 Å². The van der Waals surface area contributed by atoms with Gasteiger partial charge in [-0.2, -0.15) is 0 Å². The average molecular weight is 377 g/mol. The molecule has 6 heteroatoms. The first-order valence-corrected chi connectivity index (χ1v) is 10.8. The fourth-order valence-electron chi connectivity index (χ4n) is 3.84. The summed E-state index contributed by atoms with van der Waals surface area (Å²) >= 11 is 1.72. The Morgan fingerprint density at radius 3 is 2.77 bits per heavy atom. The highest BCUT2D eigenvalue weighted by Gasteiger charge is 2.23. The second-order valence-corrected chi connectivity index (χ2v) is 8.33. The quantitative estimate of drug-likeness (QED) is 0.390. The van der Waals surface area contributed by atoms with Crippen LogP contribution in [0.2, 0.25) is 0 Å². The summed E-state index contributed by atoms with van der Waals surface area (Å²) in [6, 6.07) is 0. The number of hydrogen-bond acceptors (Lipinski definition) is 6. The Balaban J connectivity index is 1.39. The van der Waals surface area contributed by atoms with E-state index < -0.39 is 0 Å². The number of rotatable bonds is 8. The number of thiazole rings is 1. The Labute approximate surface area is 161 Å². The molecule has 2 fully saturated rings. The van der Waals surface area contributed by atoms with E-state index in [1.807, 2.05) is 17.7 Å². The van der Waals surface area contributed by atoms with Gasteiger partial charge in [0, 0.05) is 43.0 Å². The molecule has 2 aliphatic rings. The van der Waals surface area contributed by atoms with Crippen LogP contribution in [0, 0.1) is 11.8 Å². The van der Waals surface area contributed by atoms with E-state index in [0.29, 0.717) is 18.4 Å². The first kappa shape index (κ1) is 19.4. The third-order valence-corrected chi connectivity index (χ3v) is 6.38. The number of oxime groups is 1.